The second-order valence-electron chi connectivity index (χ2n) is 2.59. The molecule has 0 amide bonds. The van der Waals surface area contributed by atoms with Crippen molar-refractivity contribution in [2.45, 2.75) is 6.92 Å². The highest BCUT2D eigenvalue weighted by Gasteiger charge is 2.07. The third kappa shape index (κ3) is 1.55. The number of hydrogen-bond donors (Lipinski definition) is 0. The fourth-order valence-electron chi connectivity index (χ4n) is 1.07. The number of rotatable bonds is 2. The molecule has 2 nitrogen and oxygen atoms in total. The van der Waals surface area contributed by atoms with Gasteiger partial charge in [-0.1, -0.05) is 0 Å². The number of aldehydes is 1. The first-order valence-electron chi connectivity index (χ1n) is 3.76. The van der Waals surface area contributed by atoms with E-state index in [9.17, 15) is 4.79 Å². The van der Waals surface area contributed by atoms with Crippen LogP contribution in [0.15, 0.2) is 16.8 Å². The molecule has 13 heavy (non-hydrogen) atoms. The molecule has 0 atom stereocenters. The lowest BCUT2D eigenvalue weighted by Crippen LogP contribution is -1.79. The van der Waals surface area contributed by atoms with Crippen molar-refractivity contribution in [2.24, 2.45) is 0 Å². The van der Waals surface area contributed by atoms with E-state index >= 15 is 0 Å². The van der Waals surface area contributed by atoms with Crippen LogP contribution < -0.4 is 0 Å². The molecule has 0 aliphatic carbocycles. The molecule has 2 rings (SSSR count). The number of carbonyl (C=O) groups excluding carboxylic acids is 1. The van der Waals surface area contributed by atoms with E-state index in [1.807, 2.05) is 11.4 Å². The largest absolute Gasteiger partial charge is 0.296 e. The van der Waals surface area contributed by atoms with Crippen LogP contribution in [-0.4, -0.2) is 11.3 Å². The molecule has 0 aromatic carbocycles. The van der Waals surface area contributed by atoms with Crippen LogP contribution in [0.25, 0.3) is 10.6 Å². The van der Waals surface area contributed by atoms with Crippen molar-refractivity contribution in [1.29, 1.82) is 0 Å². The van der Waals surface area contributed by atoms with E-state index in [1.165, 1.54) is 16.2 Å². The van der Waals surface area contributed by atoms with Crippen LogP contribution >= 0.6 is 22.7 Å². The molecule has 0 radical (unpaired) electrons. The minimum atomic E-state index is 0.519. The molecule has 4 heteroatoms. The maximum absolute atomic E-state index is 10.4. The Morgan fingerprint density at radius 2 is 2.31 bits per heavy atom. The summed E-state index contributed by atoms with van der Waals surface area (Å²) in [5.74, 6) is 0. The predicted octanol–water partition coefficient (Wildman–Crippen LogP) is 2.99. The Hall–Kier alpha value is -1.00. The Kier molecular flexibility index (Phi) is 2.24. The maximum atomic E-state index is 10.4. The predicted molar refractivity (Wildman–Crippen MR) is 55.6 cm³/mol. The van der Waals surface area contributed by atoms with Gasteiger partial charge in [-0.05, 0) is 18.4 Å². The lowest BCUT2D eigenvalue weighted by Gasteiger charge is -1.90. The first-order chi connectivity index (χ1) is 6.31. The van der Waals surface area contributed by atoms with Gasteiger partial charge in [-0.15, -0.1) is 22.7 Å². The Morgan fingerprint density at radius 3 is 2.85 bits per heavy atom. The molecule has 0 spiro atoms. The summed E-state index contributed by atoms with van der Waals surface area (Å²) in [4.78, 5) is 15.9. The fraction of sp³-hybridized carbons (Fsp3) is 0.111. The summed E-state index contributed by atoms with van der Waals surface area (Å²) in [6.45, 7) is 2.06. The number of thiophene rings is 1. The number of nitrogens with zero attached hydrogens (tertiary/aromatic N) is 1. The van der Waals surface area contributed by atoms with Crippen LogP contribution in [0, 0.1) is 6.92 Å². The van der Waals surface area contributed by atoms with Crippen molar-refractivity contribution in [2.75, 3.05) is 0 Å². The van der Waals surface area contributed by atoms with Gasteiger partial charge in [0.15, 0.2) is 6.29 Å². The molecule has 0 unspecified atom stereocenters. The first-order valence-corrected chi connectivity index (χ1v) is 5.52. The SMILES string of the molecule is Cc1sccc1-c1nc(C=O)cs1. The molecule has 0 aliphatic rings. The van der Waals surface area contributed by atoms with Gasteiger partial charge in [-0.25, -0.2) is 4.98 Å². The zero-order valence-corrected chi connectivity index (χ0v) is 8.61. The van der Waals surface area contributed by atoms with Crippen molar-refractivity contribution >= 4 is 29.0 Å². The van der Waals surface area contributed by atoms with Crippen LogP contribution in [0.1, 0.15) is 15.4 Å². The third-order valence-electron chi connectivity index (χ3n) is 1.73. The van der Waals surface area contributed by atoms with E-state index in [2.05, 4.69) is 11.9 Å². The lowest BCUT2D eigenvalue weighted by atomic mass is 10.3. The van der Waals surface area contributed by atoms with Gasteiger partial charge in [0, 0.05) is 15.8 Å². The smallest absolute Gasteiger partial charge is 0.169 e. The molecule has 0 N–H and O–H groups in total. The minimum Gasteiger partial charge on any atom is -0.296 e. The molecule has 2 heterocycles. The second kappa shape index (κ2) is 3.40. The average molecular weight is 209 g/mol. The van der Waals surface area contributed by atoms with Crippen LogP contribution in [0.2, 0.25) is 0 Å². The summed E-state index contributed by atoms with van der Waals surface area (Å²) in [5, 5.41) is 4.74. The lowest BCUT2D eigenvalue weighted by molar-refractivity contribution is 0.111. The molecule has 0 aliphatic heterocycles. The van der Waals surface area contributed by atoms with Gasteiger partial charge in [0.25, 0.3) is 0 Å². The molecular weight excluding hydrogens is 202 g/mol. The van der Waals surface area contributed by atoms with Crippen LogP contribution in [0.5, 0.6) is 0 Å². The molecule has 0 bridgehead atoms. The van der Waals surface area contributed by atoms with E-state index in [4.69, 9.17) is 0 Å². The number of hydrogen-bond acceptors (Lipinski definition) is 4. The number of aryl methyl sites for hydroxylation is 1. The van der Waals surface area contributed by atoms with Crippen LogP contribution in [0.4, 0.5) is 0 Å². The van der Waals surface area contributed by atoms with Gasteiger partial charge in [-0.2, -0.15) is 0 Å². The minimum absolute atomic E-state index is 0.519. The zero-order chi connectivity index (χ0) is 9.26. The van der Waals surface area contributed by atoms with E-state index < -0.39 is 0 Å². The first kappa shape index (κ1) is 8.59. The van der Waals surface area contributed by atoms with Gasteiger partial charge in [0.2, 0.25) is 0 Å². The Morgan fingerprint density at radius 1 is 1.46 bits per heavy atom. The van der Waals surface area contributed by atoms with Gasteiger partial charge >= 0.3 is 0 Å². The highest BCUT2D eigenvalue weighted by molar-refractivity contribution is 7.14. The molecule has 2 aromatic heterocycles. The van der Waals surface area contributed by atoms with E-state index in [1.54, 1.807) is 16.7 Å². The number of carbonyl (C=O) groups is 1. The third-order valence-corrected chi connectivity index (χ3v) is 3.47. The highest BCUT2D eigenvalue weighted by Crippen LogP contribution is 2.29. The fourth-order valence-corrected chi connectivity index (χ4v) is 2.68. The molecule has 0 saturated carbocycles. The number of aromatic nitrogens is 1. The Balaban J connectivity index is 2.46. The summed E-state index contributed by atoms with van der Waals surface area (Å²) < 4.78 is 0. The normalized spacial score (nSPS) is 10.2. The van der Waals surface area contributed by atoms with Gasteiger partial charge in [0.1, 0.15) is 10.7 Å². The summed E-state index contributed by atoms with van der Waals surface area (Å²) in [6.07, 6.45) is 0.779. The summed E-state index contributed by atoms with van der Waals surface area (Å²) in [6, 6.07) is 2.04. The van der Waals surface area contributed by atoms with Crippen LogP contribution in [0.3, 0.4) is 0 Å². The Labute approximate surface area is 83.9 Å². The van der Waals surface area contributed by atoms with Crippen molar-refractivity contribution in [3.8, 4) is 10.6 Å². The van der Waals surface area contributed by atoms with E-state index in [-0.39, 0.29) is 0 Å². The van der Waals surface area contributed by atoms with E-state index in [0.717, 1.165) is 16.9 Å². The standard InChI is InChI=1S/C9H7NOS2/c1-6-8(2-3-12-6)9-10-7(4-11)5-13-9/h2-5H,1H3. The molecule has 0 fully saturated rings. The highest BCUT2D eigenvalue weighted by atomic mass is 32.1. The van der Waals surface area contributed by atoms with Crippen LogP contribution in [-0.2, 0) is 0 Å². The van der Waals surface area contributed by atoms with E-state index in [0.29, 0.717) is 5.69 Å². The van der Waals surface area contributed by atoms with Crippen molar-refractivity contribution in [1.82, 2.24) is 4.98 Å². The summed E-state index contributed by atoms with van der Waals surface area (Å²) >= 11 is 3.20. The summed E-state index contributed by atoms with van der Waals surface area (Å²) in [7, 11) is 0. The monoisotopic (exact) mass is 209 g/mol. The number of thiazole rings is 1. The quantitative estimate of drug-likeness (QED) is 0.712. The summed E-state index contributed by atoms with van der Waals surface area (Å²) in [5.41, 5.74) is 1.66. The Bertz CT molecular complexity index is 430. The van der Waals surface area contributed by atoms with Crippen molar-refractivity contribution in [3.63, 3.8) is 0 Å². The van der Waals surface area contributed by atoms with Crippen molar-refractivity contribution < 1.29 is 4.79 Å². The topological polar surface area (TPSA) is 30.0 Å². The molecule has 66 valence electrons. The van der Waals surface area contributed by atoms with Gasteiger partial charge in [-0.3, -0.25) is 4.79 Å². The average Bonchev–Trinajstić information content (AvgIpc) is 2.71. The molecule has 2 aromatic rings. The van der Waals surface area contributed by atoms with Crippen molar-refractivity contribution in [3.05, 3.63) is 27.4 Å². The maximum Gasteiger partial charge on any atom is 0.169 e. The van der Waals surface area contributed by atoms with Gasteiger partial charge in [0.05, 0.1) is 0 Å². The molecule has 0 saturated heterocycles. The second-order valence-corrected chi connectivity index (χ2v) is 4.56. The zero-order valence-electron chi connectivity index (χ0n) is 6.98. The molecular formula is C9H7NOS2. The van der Waals surface area contributed by atoms with Gasteiger partial charge < -0.3 is 0 Å².